The highest BCUT2D eigenvalue weighted by Gasteiger charge is 2.34. The first-order valence-corrected chi connectivity index (χ1v) is 12.4. The number of hydrogen-bond acceptors (Lipinski definition) is 6. The van der Waals surface area contributed by atoms with E-state index in [-0.39, 0.29) is 25.0 Å². The van der Waals surface area contributed by atoms with Crippen LogP contribution in [0.1, 0.15) is 11.3 Å². The summed E-state index contributed by atoms with van der Waals surface area (Å²) in [7, 11) is 0. The fourth-order valence-corrected chi connectivity index (χ4v) is 4.63. The van der Waals surface area contributed by atoms with Crippen LogP contribution in [0, 0.1) is 0 Å². The number of anilines is 1. The number of para-hydroxylation sites is 3. The summed E-state index contributed by atoms with van der Waals surface area (Å²) >= 11 is 1.28. The van der Waals surface area contributed by atoms with Gasteiger partial charge in [-0.15, -0.1) is 0 Å². The summed E-state index contributed by atoms with van der Waals surface area (Å²) in [5.41, 5.74) is 2.13. The lowest BCUT2D eigenvalue weighted by Gasteiger charge is -2.13. The van der Waals surface area contributed by atoms with Crippen molar-refractivity contribution in [3.63, 3.8) is 0 Å². The van der Waals surface area contributed by atoms with Crippen molar-refractivity contribution in [2.24, 2.45) is 4.99 Å². The minimum atomic E-state index is -0.276. The minimum Gasteiger partial charge on any atom is -0.483 e. The van der Waals surface area contributed by atoms with Crippen LogP contribution in [-0.2, 0) is 16.1 Å². The first kappa shape index (κ1) is 24.1. The topological polar surface area (TPSA) is 84.1 Å². The SMILES string of the molecule is O=C(COc1ccccc1/C=C1\SC(=Nc2ccccc2)N(Cc2ccco2)C1=O)Nc1ccccc1. The zero-order valence-electron chi connectivity index (χ0n) is 19.7. The maximum absolute atomic E-state index is 13.4. The lowest BCUT2D eigenvalue weighted by atomic mass is 10.2. The van der Waals surface area contributed by atoms with Gasteiger partial charge in [-0.25, -0.2) is 4.99 Å². The summed E-state index contributed by atoms with van der Waals surface area (Å²) in [6.45, 7) is 0.0984. The normalized spacial score (nSPS) is 15.4. The smallest absolute Gasteiger partial charge is 0.267 e. The van der Waals surface area contributed by atoms with Gasteiger partial charge in [-0.2, -0.15) is 0 Å². The maximum Gasteiger partial charge on any atom is 0.267 e. The van der Waals surface area contributed by atoms with Crippen molar-refractivity contribution >= 4 is 46.2 Å². The van der Waals surface area contributed by atoms with Crippen LogP contribution >= 0.6 is 11.8 Å². The van der Waals surface area contributed by atoms with E-state index in [0.29, 0.717) is 32.8 Å². The Morgan fingerprint density at radius 2 is 1.68 bits per heavy atom. The maximum atomic E-state index is 13.4. The van der Waals surface area contributed by atoms with Crippen molar-refractivity contribution in [2.45, 2.75) is 6.54 Å². The van der Waals surface area contributed by atoms with Gasteiger partial charge in [-0.3, -0.25) is 14.5 Å². The van der Waals surface area contributed by atoms with Gasteiger partial charge >= 0.3 is 0 Å². The largest absolute Gasteiger partial charge is 0.483 e. The van der Waals surface area contributed by atoms with Crippen LogP contribution in [0.4, 0.5) is 11.4 Å². The second-order valence-electron chi connectivity index (χ2n) is 8.05. The molecule has 1 aromatic heterocycles. The van der Waals surface area contributed by atoms with E-state index in [9.17, 15) is 9.59 Å². The molecule has 4 aromatic rings. The van der Waals surface area contributed by atoms with Crippen molar-refractivity contribution in [3.05, 3.63) is 120 Å². The summed E-state index contributed by atoms with van der Waals surface area (Å²) in [5.74, 6) is 0.691. The third kappa shape index (κ3) is 6.17. The number of amides is 2. The number of nitrogens with zero attached hydrogens (tertiary/aromatic N) is 2. The van der Waals surface area contributed by atoms with Gasteiger partial charge in [0.05, 0.1) is 23.4 Å². The Hall–Kier alpha value is -4.56. The minimum absolute atomic E-state index is 0.165. The van der Waals surface area contributed by atoms with E-state index in [2.05, 4.69) is 5.32 Å². The van der Waals surface area contributed by atoms with E-state index in [1.807, 2.05) is 84.9 Å². The Labute approximate surface area is 218 Å². The molecule has 1 aliphatic rings. The molecule has 0 radical (unpaired) electrons. The average Bonchev–Trinajstić information content (AvgIpc) is 3.54. The number of carbonyl (C=O) groups excluding carboxylic acids is 2. The third-order valence-corrected chi connectivity index (χ3v) is 6.39. The highest BCUT2D eigenvalue weighted by Crippen LogP contribution is 2.36. The number of hydrogen-bond donors (Lipinski definition) is 1. The molecule has 1 aliphatic heterocycles. The number of thioether (sulfide) groups is 1. The number of benzene rings is 3. The Morgan fingerprint density at radius 3 is 2.43 bits per heavy atom. The van der Waals surface area contributed by atoms with Crippen molar-refractivity contribution in [1.82, 2.24) is 4.90 Å². The lowest BCUT2D eigenvalue weighted by molar-refractivity contribution is -0.122. The van der Waals surface area contributed by atoms with E-state index in [1.54, 1.807) is 29.4 Å². The van der Waals surface area contributed by atoms with Crippen molar-refractivity contribution in [2.75, 3.05) is 11.9 Å². The van der Waals surface area contributed by atoms with Crippen LogP contribution in [0.3, 0.4) is 0 Å². The molecule has 5 rings (SSSR count). The molecule has 1 fully saturated rings. The van der Waals surface area contributed by atoms with Gasteiger partial charge in [-0.05, 0) is 60.3 Å². The number of rotatable bonds is 8. The van der Waals surface area contributed by atoms with E-state index < -0.39 is 0 Å². The quantitative estimate of drug-likeness (QED) is 0.290. The van der Waals surface area contributed by atoms with Crippen LogP contribution in [0.5, 0.6) is 5.75 Å². The molecule has 0 saturated carbocycles. The molecule has 37 heavy (non-hydrogen) atoms. The molecule has 3 aromatic carbocycles. The van der Waals surface area contributed by atoms with Gasteiger partial charge in [-0.1, -0.05) is 54.6 Å². The van der Waals surface area contributed by atoms with Crippen LogP contribution in [0.25, 0.3) is 6.08 Å². The van der Waals surface area contributed by atoms with E-state index in [0.717, 1.165) is 5.69 Å². The molecule has 0 bridgehead atoms. The number of nitrogens with one attached hydrogen (secondary N) is 1. The first-order chi connectivity index (χ1) is 18.2. The predicted molar refractivity (Wildman–Crippen MR) is 145 cm³/mol. The highest BCUT2D eigenvalue weighted by molar-refractivity contribution is 8.18. The molecule has 0 unspecified atom stereocenters. The molecule has 184 valence electrons. The zero-order valence-corrected chi connectivity index (χ0v) is 20.6. The van der Waals surface area contributed by atoms with Gasteiger partial charge in [0.2, 0.25) is 0 Å². The molecule has 2 amide bonds. The van der Waals surface area contributed by atoms with E-state index in [4.69, 9.17) is 14.1 Å². The highest BCUT2D eigenvalue weighted by atomic mass is 32.2. The van der Waals surface area contributed by atoms with Crippen molar-refractivity contribution in [1.29, 1.82) is 0 Å². The molecular formula is C29H23N3O4S. The third-order valence-electron chi connectivity index (χ3n) is 5.38. The van der Waals surface area contributed by atoms with Gasteiger partial charge < -0.3 is 14.5 Å². The Kier molecular flexibility index (Phi) is 7.47. The van der Waals surface area contributed by atoms with Crippen LogP contribution in [0.15, 0.2) is 118 Å². The van der Waals surface area contributed by atoms with Gasteiger partial charge in [0.25, 0.3) is 11.8 Å². The number of aliphatic imine (C=N–C) groups is 1. The van der Waals surface area contributed by atoms with Gasteiger partial charge in [0, 0.05) is 11.3 Å². The van der Waals surface area contributed by atoms with Gasteiger partial charge in [0.1, 0.15) is 11.5 Å². The van der Waals surface area contributed by atoms with Crippen molar-refractivity contribution < 1.29 is 18.7 Å². The predicted octanol–water partition coefficient (Wildman–Crippen LogP) is 6.10. The summed E-state index contributed by atoms with van der Waals surface area (Å²) in [6, 6.07) is 29.6. The molecule has 2 heterocycles. The molecular weight excluding hydrogens is 486 g/mol. The fourth-order valence-electron chi connectivity index (χ4n) is 3.64. The summed E-state index contributed by atoms with van der Waals surface area (Å²) < 4.78 is 11.3. The molecule has 8 heteroatoms. The number of furan rings is 1. The van der Waals surface area contributed by atoms with Crippen LogP contribution in [-0.4, -0.2) is 28.5 Å². The summed E-state index contributed by atoms with van der Waals surface area (Å²) in [4.78, 5) is 32.6. The van der Waals surface area contributed by atoms with E-state index in [1.165, 1.54) is 11.8 Å². The Bertz CT molecular complexity index is 1430. The first-order valence-electron chi connectivity index (χ1n) is 11.6. The van der Waals surface area contributed by atoms with Crippen LogP contribution in [0.2, 0.25) is 0 Å². The van der Waals surface area contributed by atoms with Gasteiger partial charge in [0.15, 0.2) is 11.8 Å². The monoisotopic (exact) mass is 509 g/mol. The molecule has 0 atom stereocenters. The fraction of sp³-hybridized carbons (Fsp3) is 0.0690. The summed E-state index contributed by atoms with van der Waals surface area (Å²) in [6.07, 6.45) is 3.34. The summed E-state index contributed by atoms with van der Waals surface area (Å²) in [5, 5.41) is 3.35. The molecule has 1 saturated heterocycles. The lowest BCUT2D eigenvalue weighted by Crippen LogP contribution is -2.28. The molecule has 0 aliphatic carbocycles. The second-order valence-corrected chi connectivity index (χ2v) is 9.06. The molecule has 7 nitrogen and oxygen atoms in total. The second kappa shape index (κ2) is 11.5. The Morgan fingerprint density at radius 1 is 0.946 bits per heavy atom. The van der Waals surface area contributed by atoms with Crippen LogP contribution < -0.4 is 10.1 Å². The zero-order chi connectivity index (χ0) is 25.5. The number of amidine groups is 1. The standard InChI is InChI=1S/C29H23N3O4S/c33-27(30-22-11-3-1-4-12-22)20-36-25-16-8-7-10-21(25)18-26-28(34)32(19-24-15-9-17-35-24)29(37-26)31-23-13-5-2-6-14-23/h1-18H,19-20H2,(H,30,33)/b26-18-,31-29?. The average molecular weight is 510 g/mol. The molecule has 1 N–H and O–H groups in total. The Balaban J connectivity index is 1.36. The van der Waals surface area contributed by atoms with E-state index >= 15 is 0 Å². The molecule has 0 spiro atoms. The number of ether oxygens (including phenoxy) is 1. The number of carbonyl (C=O) groups is 2. The van der Waals surface area contributed by atoms with Crippen molar-refractivity contribution in [3.8, 4) is 5.75 Å².